The summed E-state index contributed by atoms with van der Waals surface area (Å²) in [6, 6.07) is 9.61. The Hall–Kier alpha value is -1.40. The lowest BCUT2D eigenvalue weighted by molar-refractivity contribution is 0.476. The van der Waals surface area contributed by atoms with E-state index in [4.69, 9.17) is 4.18 Å². The lowest BCUT2D eigenvalue weighted by Gasteiger charge is -2.06. The number of pyridine rings is 1. The standard InChI is InChI=1S/C12H10BrNO3S/c1-9-2-4-11(5-3-9)18(15,16)17-12-8-10(13)6-7-14-12/h2-8H,1H3. The molecule has 1 aromatic heterocycles. The molecule has 0 N–H and O–H groups in total. The maximum absolute atomic E-state index is 11.9. The van der Waals surface area contributed by atoms with Gasteiger partial charge in [-0.25, -0.2) is 4.98 Å². The minimum absolute atomic E-state index is 0.0324. The Balaban J connectivity index is 2.30. The monoisotopic (exact) mass is 327 g/mol. The first-order chi connectivity index (χ1) is 8.47. The number of nitrogens with zero attached hydrogens (tertiary/aromatic N) is 1. The Kier molecular flexibility index (Phi) is 3.68. The van der Waals surface area contributed by atoms with E-state index in [-0.39, 0.29) is 10.8 Å². The van der Waals surface area contributed by atoms with Crippen LogP contribution in [0.5, 0.6) is 5.88 Å². The Morgan fingerprint density at radius 2 is 1.83 bits per heavy atom. The van der Waals surface area contributed by atoms with Gasteiger partial charge in [0.25, 0.3) is 0 Å². The van der Waals surface area contributed by atoms with Crippen molar-refractivity contribution in [3.63, 3.8) is 0 Å². The first kappa shape index (κ1) is 13.0. The number of aryl methyl sites for hydroxylation is 1. The zero-order chi connectivity index (χ0) is 13.2. The van der Waals surface area contributed by atoms with Crippen LogP contribution in [0.1, 0.15) is 5.56 Å². The molecule has 94 valence electrons. The van der Waals surface area contributed by atoms with Gasteiger partial charge in [0.1, 0.15) is 4.90 Å². The first-order valence-corrected chi connectivity index (χ1v) is 7.30. The molecule has 0 aliphatic rings. The fourth-order valence-electron chi connectivity index (χ4n) is 1.30. The topological polar surface area (TPSA) is 56.3 Å². The van der Waals surface area contributed by atoms with Crippen LogP contribution in [0.4, 0.5) is 0 Å². The van der Waals surface area contributed by atoms with Gasteiger partial charge in [0.15, 0.2) is 0 Å². The summed E-state index contributed by atoms with van der Waals surface area (Å²) < 4.78 is 29.5. The molecule has 0 fully saturated rings. The SMILES string of the molecule is Cc1ccc(S(=O)(=O)Oc2cc(Br)ccn2)cc1. The van der Waals surface area contributed by atoms with E-state index in [0.717, 1.165) is 5.56 Å². The molecule has 18 heavy (non-hydrogen) atoms. The summed E-state index contributed by atoms with van der Waals surface area (Å²) in [6.45, 7) is 1.88. The minimum atomic E-state index is -3.83. The van der Waals surface area contributed by atoms with Gasteiger partial charge in [0.05, 0.1) is 0 Å². The van der Waals surface area contributed by atoms with Crippen molar-refractivity contribution in [2.45, 2.75) is 11.8 Å². The highest BCUT2D eigenvalue weighted by atomic mass is 79.9. The molecule has 0 saturated heterocycles. The Labute approximate surface area is 114 Å². The third kappa shape index (κ3) is 3.08. The number of hydrogen-bond donors (Lipinski definition) is 0. The molecule has 0 bridgehead atoms. The zero-order valence-electron chi connectivity index (χ0n) is 9.50. The molecule has 0 aliphatic carbocycles. The predicted molar refractivity (Wildman–Crippen MR) is 70.9 cm³/mol. The molecule has 2 rings (SSSR count). The van der Waals surface area contributed by atoms with Gasteiger partial charge in [-0.2, -0.15) is 8.42 Å². The molecule has 1 aromatic carbocycles. The van der Waals surface area contributed by atoms with E-state index in [0.29, 0.717) is 4.47 Å². The van der Waals surface area contributed by atoms with Gasteiger partial charge in [-0.1, -0.05) is 33.6 Å². The quantitative estimate of drug-likeness (QED) is 0.813. The molecule has 2 aromatic rings. The largest absolute Gasteiger partial charge is 0.358 e. The molecular weight excluding hydrogens is 318 g/mol. The smallest absolute Gasteiger partial charge is 0.340 e. The van der Waals surface area contributed by atoms with E-state index < -0.39 is 10.1 Å². The maximum atomic E-state index is 11.9. The second-order valence-electron chi connectivity index (χ2n) is 3.66. The normalized spacial score (nSPS) is 11.2. The molecule has 0 radical (unpaired) electrons. The number of rotatable bonds is 3. The fraction of sp³-hybridized carbons (Fsp3) is 0.0833. The van der Waals surface area contributed by atoms with Gasteiger partial charge in [0.2, 0.25) is 5.88 Å². The molecule has 4 nitrogen and oxygen atoms in total. The molecular formula is C12H10BrNO3S. The third-order valence-corrected chi connectivity index (χ3v) is 3.93. The molecule has 0 amide bonds. The summed E-state index contributed by atoms with van der Waals surface area (Å²) in [5, 5.41) is 0. The van der Waals surface area contributed by atoms with Crippen molar-refractivity contribution in [2.24, 2.45) is 0 Å². The van der Waals surface area contributed by atoms with Crippen LogP contribution >= 0.6 is 15.9 Å². The van der Waals surface area contributed by atoms with Gasteiger partial charge in [-0.3, -0.25) is 0 Å². The van der Waals surface area contributed by atoms with Crippen LogP contribution in [0, 0.1) is 6.92 Å². The second kappa shape index (κ2) is 5.07. The van der Waals surface area contributed by atoms with Crippen molar-refractivity contribution in [3.05, 3.63) is 52.6 Å². The highest BCUT2D eigenvalue weighted by Gasteiger charge is 2.17. The van der Waals surface area contributed by atoms with Gasteiger partial charge >= 0.3 is 10.1 Å². The molecule has 6 heteroatoms. The van der Waals surface area contributed by atoms with Crippen molar-refractivity contribution in [3.8, 4) is 5.88 Å². The van der Waals surface area contributed by atoms with E-state index in [1.807, 2.05) is 6.92 Å². The Bertz CT molecular complexity index is 653. The van der Waals surface area contributed by atoms with Crippen LogP contribution in [0.15, 0.2) is 52.0 Å². The highest BCUT2D eigenvalue weighted by molar-refractivity contribution is 9.10. The van der Waals surface area contributed by atoms with Crippen molar-refractivity contribution < 1.29 is 12.6 Å². The van der Waals surface area contributed by atoms with Gasteiger partial charge in [-0.05, 0) is 25.1 Å². The second-order valence-corrected chi connectivity index (χ2v) is 6.12. The van der Waals surface area contributed by atoms with E-state index in [9.17, 15) is 8.42 Å². The zero-order valence-corrected chi connectivity index (χ0v) is 11.9. The van der Waals surface area contributed by atoms with Crippen molar-refractivity contribution >= 4 is 26.0 Å². The van der Waals surface area contributed by atoms with Gasteiger partial charge in [0, 0.05) is 16.7 Å². The van der Waals surface area contributed by atoms with E-state index in [1.165, 1.54) is 24.4 Å². The first-order valence-electron chi connectivity index (χ1n) is 5.10. The maximum Gasteiger partial charge on any atom is 0.340 e. The predicted octanol–water partition coefficient (Wildman–Crippen LogP) is 2.92. The van der Waals surface area contributed by atoms with Crippen LogP contribution < -0.4 is 4.18 Å². The summed E-state index contributed by atoms with van der Waals surface area (Å²) in [7, 11) is -3.83. The third-order valence-electron chi connectivity index (χ3n) is 2.20. The molecule has 0 saturated carbocycles. The summed E-state index contributed by atoms with van der Waals surface area (Å²) in [5.74, 6) is 0.0324. The van der Waals surface area contributed by atoms with Crippen LogP contribution in [0.3, 0.4) is 0 Å². The average Bonchev–Trinajstić information content (AvgIpc) is 2.29. The minimum Gasteiger partial charge on any atom is -0.358 e. The summed E-state index contributed by atoms with van der Waals surface area (Å²) in [6.07, 6.45) is 1.46. The number of hydrogen-bond acceptors (Lipinski definition) is 4. The molecule has 1 heterocycles. The average molecular weight is 328 g/mol. The lowest BCUT2D eigenvalue weighted by Crippen LogP contribution is -2.10. The van der Waals surface area contributed by atoms with Crippen molar-refractivity contribution in [1.29, 1.82) is 0 Å². The Morgan fingerprint density at radius 1 is 1.17 bits per heavy atom. The number of benzene rings is 1. The summed E-state index contributed by atoms with van der Waals surface area (Å²) in [4.78, 5) is 3.94. The van der Waals surface area contributed by atoms with Crippen molar-refractivity contribution in [1.82, 2.24) is 4.98 Å². The molecule has 0 aliphatic heterocycles. The van der Waals surface area contributed by atoms with E-state index in [2.05, 4.69) is 20.9 Å². The van der Waals surface area contributed by atoms with Crippen molar-refractivity contribution in [2.75, 3.05) is 0 Å². The molecule has 0 spiro atoms. The summed E-state index contributed by atoms with van der Waals surface area (Å²) >= 11 is 3.22. The Morgan fingerprint density at radius 3 is 2.44 bits per heavy atom. The van der Waals surface area contributed by atoms with Crippen LogP contribution in [0.2, 0.25) is 0 Å². The number of halogens is 1. The highest BCUT2D eigenvalue weighted by Crippen LogP contribution is 2.19. The van der Waals surface area contributed by atoms with Crippen LogP contribution in [-0.2, 0) is 10.1 Å². The number of aromatic nitrogens is 1. The molecule has 0 atom stereocenters. The van der Waals surface area contributed by atoms with E-state index >= 15 is 0 Å². The van der Waals surface area contributed by atoms with Gasteiger partial charge < -0.3 is 4.18 Å². The lowest BCUT2D eigenvalue weighted by atomic mass is 10.2. The van der Waals surface area contributed by atoms with Gasteiger partial charge in [-0.15, -0.1) is 0 Å². The fourth-order valence-corrected chi connectivity index (χ4v) is 2.49. The molecule has 0 unspecified atom stereocenters. The van der Waals surface area contributed by atoms with Crippen LogP contribution in [-0.4, -0.2) is 13.4 Å². The van der Waals surface area contributed by atoms with Crippen LogP contribution in [0.25, 0.3) is 0 Å². The van der Waals surface area contributed by atoms with E-state index in [1.54, 1.807) is 18.2 Å². The summed E-state index contributed by atoms with van der Waals surface area (Å²) in [5.41, 5.74) is 0.981.